The average molecular weight is 538 g/mol. The lowest BCUT2D eigenvalue weighted by molar-refractivity contribution is 0.0733. The lowest BCUT2D eigenvalue weighted by atomic mass is 9.99. The van der Waals surface area contributed by atoms with E-state index in [9.17, 15) is 18.3 Å². The van der Waals surface area contributed by atoms with Gasteiger partial charge in [-0.3, -0.25) is 15.4 Å². The number of hydrogen-bond donors (Lipinski definition) is 4. The molecule has 3 heterocycles. The van der Waals surface area contributed by atoms with E-state index in [2.05, 4.69) is 19.9 Å². The molecule has 0 aliphatic heterocycles. The summed E-state index contributed by atoms with van der Waals surface area (Å²) in [5.41, 5.74) is 12.3. The van der Waals surface area contributed by atoms with Gasteiger partial charge in [0.25, 0.3) is 6.43 Å². The standard InChI is InChI=1S/C27H26F3N7O2/c1-13-8-15(10-19(34-13)23(29)30)21-22(14-4-6-17(28)7-5-14)36-26(33)37-25(21)39-12-18-9-16(24(31)32)11-20(35-18)27(2,3)38/h4-11,23,38H,12H2,1-3H3,(H3,31,32)(H2,33,36,37). The van der Waals surface area contributed by atoms with Crippen molar-refractivity contribution in [3.05, 3.63) is 82.7 Å². The third-order valence-corrected chi connectivity index (χ3v) is 5.67. The maximum absolute atomic E-state index is 13.7. The number of hydrogen-bond acceptors (Lipinski definition) is 8. The molecule has 3 aromatic heterocycles. The topological polar surface area (TPSA) is 157 Å². The highest BCUT2D eigenvalue weighted by Crippen LogP contribution is 2.39. The Morgan fingerprint density at radius 1 is 1.03 bits per heavy atom. The van der Waals surface area contributed by atoms with Crippen molar-refractivity contribution in [2.45, 2.75) is 39.4 Å². The molecule has 0 aliphatic carbocycles. The van der Waals surface area contributed by atoms with Gasteiger partial charge in [-0.15, -0.1) is 0 Å². The van der Waals surface area contributed by atoms with Gasteiger partial charge >= 0.3 is 0 Å². The van der Waals surface area contributed by atoms with E-state index in [1.54, 1.807) is 13.0 Å². The molecule has 0 unspecified atom stereocenters. The number of aryl methyl sites for hydroxylation is 1. The molecule has 39 heavy (non-hydrogen) atoms. The number of alkyl halides is 2. The molecular weight excluding hydrogens is 511 g/mol. The van der Waals surface area contributed by atoms with Crippen molar-refractivity contribution in [2.75, 3.05) is 5.73 Å². The van der Waals surface area contributed by atoms with Gasteiger partial charge in [0.2, 0.25) is 11.8 Å². The molecule has 0 saturated carbocycles. The quantitative estimate of drug-likeness (QED) is 0.187. The van der Waals surface area contributed by atoms with E-state index in [1.807, 2.05) is 0 Å². The summed E-state index contributed by atoms with van der Waals surface area (Å²) < 4.78 is 47.0. The second-order valence-electron chi connectivity index (χ2n) is 9.33. The first-order valence-corrected chi connectivity index (χ1v) is 11.7. The van der Waals surface area contributed by atoms with Crippen molar-refractivity contribution in [3.8, 4) is 28.3 Å². The first-order valence-electron chi connectivity index (χ1n) is 11.7. The SMILES string of the molecule is Cc1cc(-c2c(OCc3cc(C(=N)N)cc(C(C)(C)O)n3)nc(N)nc2-c2ccc(F)cc2)cc(C(F)F)n1. The molecule has 0 aliphatic rings. The number of benzene rings is 1. The average Bonchev–Trinajstić information content (AvgIpc) is 2.86. The van der Waals surface area contributed by atoms with Crippen LogP contribution in [-0.4, -0.2) is 30.9 Å². The number of aromatic nitrogens is 4. The van der Waals surface area contributed by atoms with E-state index in [1.165, 1.54) is 56.3 Å². The lowest BCUT2D eigenvalue weighted by Crippen LogP contribution is -2.21. The van der Waals surface area contributed by atoms with Crippen molar-refractivity contribution in [1.82, 2.24) is 19.9 Å². The van der Waals surface area contributed by atoms with Crippen molar-refractivity contribution in [2.24, 2.45) is 5.73 Å². The molecule has 0 spiro atoms. The number of rotatable bonds is 8. The summed E-state index contributed by atoms with van der Waals surface area (Å²) in [6.07, 6.45) is -2.84. The minimum Gasteiger partial charge on any atom is -0.471 e. The molecule has 12 heteroatoms. The predicted octanol–water partition coefficient (Wildman–Crippen LogP) is 4.66. The van der Waals surface area contributed by atoms with E-state index in [4.69, 9.17) is 21.6 Å². The van der Waals surface area contributed by atoms with E-state index in [0.29, 0.717) is 22.5 Å². The zero-order valence-corrected chi connectivity index (χ0v) is 21.3. The summed E-state index contributed by atoms with van der Waals surface area (Å²) in [6.45, 7) is 4.44. The summed E-state index contributed by atoms with van der Waals surface area (Å²) in [7, 11) is 0. The maximum Gasteiger partial charge on any atom is 0.280 e. The summed E-state index contributed by atoms with van der Waals surface area (Å²) >= 11 is 0. The monoisotopic (exact) mass is 537 g/mol. The zero-order chi connectivity index (χ0) is 28.5. The number of ether oxygens (including phenoxy) is 1. The number of amidine groups is 1. The van der Waals surface area contributed by atoms with Gasteiger partial charge in [0.1, 0.15) is 29.6 Å². The van der Waals surface area contributed by atoms with E-state index >= 15 is 0 Å². The smallest absolute Gasteiger partial charge is 0.280 e. The first kappa shape index (κ1) is 27.5. The Balaban J connectivity index is 1.88. The van der Waals surface area contributed by atoms with E-state index in [0.717, 1.165) is 0 Å². The van der Waals surface area contributed by atoms with Gasteiger partial charge in [-0.1, -0.05) is 0 Å². The fourth-order valence-electron chi connectivity index (χ4n) is 3.86. The Bertz CT molecular complexity index is 1540. The van der Waals surface area contributed by atoms with Gasteiger partial charge in [-0.2, -0.15) is 4.98 Å². The lowest BCUT2D eigenvalue weighted by Gasteiger charge is -2.19. The molecule has 0 fully saturated rings. The second kappa shape index (κ2) is 10.7. The molecule has 4 rings (SSSR count). The Morgan fingerprint density at radius 3 is 2.33 bits per heavy atom. The molecule has 202 valence electrons. The minimum absolute atomic E-state index is 0.0486. The number of aliphatic hydroxyl groups is 1. The highest BCUT2D eigenvalue weighted by atomic mass is 19.3. The maximum atomic E-state index is 13.7. The Morgan fingerprint density at radius 2 is 1.72 bits per heavy atom. The van der Waals surface area contributed by atoms with Crippen molar-refractivity contribution in [1.29, 1.82) is 5.41 Å². The zero-order valence-electron chi connectivity index (χ0n) is 21.3. The summed E-state index contributed by atoms with van der Waals surface area (Å²) in [6, 6.07) is 11.2. The molecule has 4 aromatic rings. The van der Waals surface area contributed by atoms with Crippen LogP contribution in [0.15, 0.2) is 48.5 Å². The van der Waals surface area contributed by atoms with Crippen LogP contribution in [-0.2, 0) is 12.2 Å². The third-order valence-electron chi connectivity index (χ3n) is 5.67. The molecular formula is C27H26F3N7O2. The van der Waals surface area contributed by atoms with Crippen molar-refractivity contribution in [3.63, 3.8) is 0 Å². The minimum atomic E-state index is -2.84. The molecule has 0 radical (unpaired) electrons. The van der Waals surface area contributed by atoms with E-state index in [-0.39, 0.29) is 46.8 Å². The Hall–Kier alpha value is -4.58. The van der Waals surface area contributed by atoms with Gasteiger partial charge in [-0.25, -0.2) is 18.2 Å². The van der Waals surface area contributed by atoms with Gasteiger partial charge in [0.15, 0.2) is 0 Å². The Labute approximate surface area is 222 Å². The largest absolute Gasteiger partial charge is 0.471 e. The summed E-state index contributed by atoms with van der Waals surface area (Å²) in [4.78, 5) is 16.9. The number of anilines is 1. The third kappa shape index (κ3) is 6.29. The van der Waals surface area contributed by atoms with Crippen LogP contribution in [0.3, 0.4) is 0 Å². The van der Waals surface area contributed by atoms with Crippen LogP contribution in [0, 0.1) is 18.2 Å². The van der Waals surface area contributed by atoms with Crippen LogP contribution in [0.2, 0.25) is 0 Å². The summed E-state index contributed by atoms with van der Waals surface area (Å²) in [5.74, 6) is -0.929. The number of nitrogen functional groups attached to an aromatic ring is 2. The highest BCUT2D eigenvalue weighted by Gasteiger charge is 2.23. The number of nitrogens with zero attached hydrogens (tertiary/aromatic N) is 4. The van der Waals surface area contributed by atoms with Crippen LogP contribution in [0.4, 0.5) is 19.1 Å². The van der Waals surface area contributed by atoms with Gasteiger partial charge in [0.05, 0.1) is 22.6 Å². The molecule has 9 nitrogen and oxygen atoms in total. The van der Waals surface area contributed by atoms with Gasteiger partial charge in [-0.05, 0) is 74.9 Å². The van der Waals surface area contributed by atoms with Crippen LogP contribution in [0.1, 0.15) is 48.6 Å². The molecule has 0 atom stereocenters. The van der Waals surface area contributed by atoms with Gasteiger partial charge < -0.3 is 21.3 Å². The molecule has 0 saturated heterocycles. The van der Waals surface area contributed by atoms with Crippen LogP contribution in [0.5, 0.6) is 5.88 Å². The van der Waals surface area contributed by atoms with E-state index < -0.39 is 23.5 Å². The van der Waals surface area contributed by atoms with Crippen molar-refractivity contribution < 1.29 is 23.0 Å². The summed E-state index contributed by atoms with van der Waals surface area (Å²) in [5, 5.41) is 18.3. The molecule has 6 N–H and O–H groups in total. The Kier molecular flexibility index (Phi) is 7.50. The molecule has 0 amide bonds. The predicted molar refractivity (Wildman–Crippen MR) is 140 cm³/mol. The molecule has 0 bridgehead atoms. The first-order chi connectivity index (χ1) is 18.3. The number of nitrogens with two attached hydrogens (primary N) is 2. The van der Waals surface area contributed by atoms with Crippen LogP contribution >= 0.6 is 0 Å². The fraction of sp³-hybridized carbons (Fsp3) is 0.222. The highest BCUT2D eigenvalue weighted by molar-refractivity contribution is 5.95. The number of pyridine rings is 2. The van der Waals surface area contributed by atoms with Gasteiger partial charge in [0, 0.05) is 16.8 Å². The normalized spacial score (nSPS) is 11.6. The van der Waals surface area contributed by atoms with Crippen molar-refractivity contribution >= 4 is 11.8 Å². The van der Waals surface area contributed by atoms with Crippen LogP contribution < -0.4 is 16.2 Å². The fourth-order valence-corrected chi connectivity index (χ4v) is 3.86. The number of halogens is 3. The second-order valence-corrected chi connectivity index (χ2v) is 9.33. The molecule has 1 aromatic carbocycles. The van der Waals surface area contributed by atoms with Crippen LogP contribution in [0.25, 0.3) is 22.4 Å². The number of nitrogens with one attached hydrogen (secondary N) is 1.